The van der Waals surface area contributed by atoms with Gasteiger partial charge in [0.15, 0.2) is 0 Å². The molecule has 1 saturated heterocycles. The lowest BCUT2D eigenvalue weighted by molar-refractivity contribution is 0.0948. The molecule has 0 bridgehead atoms. The first kappa shape index (κ1) is 10.6. The molecule has 1 atom stereocenters. The highest BCUT2D eigenvalue weighted by Crippen LogP contribution is 2.07. The van der Waals surface area contributed by atoms with E-state index in [0.29, 0.717) is 6.04 Å². The van der Waals surface area contributed by atoms with Crippen LogP contribution in [0.2, 0.25) is 0 Å². The second-order valence-corrected chi connectivity index (χ2v) is 4.65. The molecule has 4 heteroatoms. The Balaban J connectivity index is 1.75. The molecule has 2 heterocycles. The van der Waals surface area contributed by atoms with Crippen LogP contribution in [0.25, 0.3) is 0 Å². The SMILES string of the molecule is O=C(NC[C@@H]1CCCCN1)c1ccsc1. The Labute approximate surface area is 93.9 Å². The molecule has 3 nitrogen and oxygen atoms in total. The average molecular weight is 224 g/mol. The number of amides is 1. The molecule has 0 unspecified atom stereocenters. The van der Waals surface area contributed by atoms with Gasteiger partial charge in [0.1, 0.15) is 0 Å². The molecule has 1 amide bonds. The van der Waals surface area contributed by atoms with Crippen molar-refractivity contribution in [2.45, 2.75) is 25.3 Å². The molecule has 15 heavy (non-hydrogen) atoms. The summed E-state index contributed by atoms with van der Waals surface area (Å²) in [5, 5.41) is 10.2. The monoisotopic (exact) mass is 224 g/mol. The van der Waals surface area contributed by atoms with E-state index in [0.717, 1.165) is 18.7 Å². The zero-order valence-corrected chi connectivity index (χ0v) is 9.48. The van der Waals surface area contributed by atoms with Gasteiger partial charge in [0.25, 0.3) is 5.91 Å². The predicted molar refractivity (Wildman–Crippen MR) is 62.3 cm³/mol. The fraction of sp³-hybridized carbons (Fsp3) is 0.545. The van der Waals surface area contributed by atoms with Crippen molar-refractivity contribution in [3.63, 3.8) is 0 Å². The molecule has 0 aromatic carbocycles. The van der Waals surface area contributed by atoms with Crippen LogP contribution in [0.3, 0.4) is 0 Å². The van der Waals surface area contributed by atoms with E-state index < -0.39 is 0 Å². The number of carbonyl (C=O) groups excluding carboxylic acids is 1. The van der Waals surface area contributed by atoms with Crippen molar-refractivity contribution in [2.24, 2.45) is 0 Å². The smallest absolute Gasteiger partial charge is 0.252 e. The normalized spacial score (nSPS) is 21.2. The van der Waals surface area contributed by atoms with Crippen molar-refractivity contribution in [1.29, 1.82) is 0 Å². The number of carbonyl (C=O) groups is 1. The standard InChI is InChI=1S/C11H16N2OS/c14-11(9-4-6-15-8-9)13-7-10-3-1-2-5-12-10/h4,6,8,10,12H,1-3,5,7H2,(H,13,14)/t10-/m0/s1. The molecule has 1 aromatic heterocycles. The van der Waals surface area contributed by atoms with E-state index in [1.807, 2.05) is 16.8 Å². The fourth-order valence-electron chi connectivity index (χ4n) is 1.81. The number of rotatable bonds is 3. The molecule has 0 aliphatic carbocycles. The molecule has 0 spiro atoms. The van der Waals surface area contributed by atoms with Gasteiger partial charge >= 0.3 is 0 Å². The summed E-state index contributed by atoms with van der Waals surface area (Å²) in [5.74, 6) is 0.0450. The van der Waals surface area contributed by atoms with Crippen molar-refractivity contribution in [2.75, 3.05) is 13.1 Å². The van der Waals surface area contributed by atoms with Crippen molar-refractivity contribution in [3.05, 3.63) is 22.4 Å². The molecule has 2 rings (SSSR count). The fourth-order valence-corrected chi connectivity index (χ4v) is 2.45. The van der Waals surface area contributed by atoms with Crippen LogP contribution in [0.15, 0.2) is 16.8 Å². The van der Waals surface area contributed by atoms with Crippen LogP contribution in [-0.2, 0) is 0 Å². The topological polar surface area (TPSA) is 41.1 Å². The first-order valence-electron chi connectivity index (χ1n) is 5.40. The summed E-state index contributed by atoms with van der Waals surface area (Å²) in [4.78, 5) is 11.6. The van der Waals surface area contributed by atoms with E-state index in [1.165, 1.54) is 19.3 Å². The minimum Gasteiger partial charge on any atom is -0.350 e. The van der Waals surface area contributed by atoms with Crippen LogP contribution in [0.5, 0.6) is 0 Å². The van der Waals surface area contributed by atoms with Crippen molar-refractivity contribution >= 4 is 17.2 Å². The Kier molecular flexibility index (Phi) is 3.75. The third-order valence-corrected chi connectivity index (χ3v) is 3.39. The van der Waals surface area contributed by atoms with Crippen LogP contribution in [0.1, 0.15) is 29.6 Å². The van der Waals surface area contributed by atoms with Gasteiger partial charge in [-0.15, -0.1) is 0 Å². The quantitative estimate of drug-likeness (QED) is 0.819. The minimum atomic E-state index is 0.0450. The largest absolute Gasteiger partial charge is 0.350 e. The number of nitrogens with one attached hydrogen (secondary N) is 2. The highest BCUT2D eigenvalue weighted by atomic mass is 32.1. The second-order valence-electron chi connectivity index (χ2n) is 3.87. The lowest BCUT2D eigenvalue weighted by Crippen LogP contribution is -2.43. The summed E-state index contributed by atoms with van der Waals surface area (Å²) in [6.07, 6.45) is 3.70. The van der Waals surface area contributed by atoms with Gasteiger partial charge in [-0.2, -0.15) is 11.3 Å². The van der Waals surface area contributed by atoms with Crippen molar-refractivity contribution < 1.29 is 4.79 Å². The van der Waals surface area contributed by atoms with Crippen LogP contribution >= 0.6 is 11.3 Å². The molecule has 2 N–H and O–H groups in total. The highest BCUT2D eigenvalue weighted by molar-refractivity contribution is 7.08. The van der Waals surface area contributed by atoms with E-state index >= 15 is 0 Å². The lowest BCUT2D eigenvalue weighted by Gasteiger charge is -2.23. The zero-order chi connectivity index (χ0) is 10.5. The molecule has 1 fully saturated rings. The highest BCUT2D eigenvalue weighted by Gasteiger charge is 2.13. The molecule has 0 radical (unpaired) electrons. The van der Waals surface area contributed by atoms with Gasteiger partial charge in [0.2, 0.25) is 0 Å². The molecule has 82 valence electrons. The zero-order valence-electron chi connectivity index (χ0n) is 8.66. The Morgan fingerprint density at radius 3 is 3.20 bits per heavy atom. The number of hydrogen-bond acceptors (Lipinski definition) is 3. The minimum absolute atomic E-state index is 0.0450. The van der Waals surface area contributed by atoms with E-state index in [-0.39, 0.29) is 5.91 Å². The van der Waals surface area contributed by atoms with Gasteiger partial charge in [-0.3, -0.25) is 4.79 Å². The first-order valence-corrected chi connectivity index (χ1v) is 6.34. The summed E-state index contributed by atoms with van der Waals surface area (Å²) in [6.45, 7) is 1.83. The van der Waals surface area contributed by atoms with E-state index in [1.54, 1.807) is 11.3 Å². The number of piperidine rings is 1. The molecule has 0 saturated carbocycles. The summed E-state index contributed by atoms with van der Waals surface area (Å²) >= 11 is 1.55. The van der Waals surface area contributed by atoms with Gasteiger partial charge in [-0.1, -0.05) is 6.42 Å². The molecular weight excluding hydrogens is 208 g/mol. The summed E-state index contributed by atoms with van der Waals surface area (Å²) < 4.78 is 0. The predicted octanol–water partition coefficient (Wildman–Crippen LogP) is 1.62. The molecular formula is C11H16N2OS. The molecule has 1 aliphatic rings. The van der Waals surface area contributed by atoms with E-state index in [2.05, 4.69) is 10.6 Å². The Morgan fingerprint density at radius 2 is 2.53 bits per heavy atom. The number of hydrogen-bond donors (Lipinski definition) is 2. The molecule has 1 aliphatic heterocycles. The second kappa shape index (κ2) is 5.28. The maximum absolute atomic E-state index is 11.6. The van der Waals surface area contributed by atoms with Gasteiger partial charge in [-0.25, -0.2) is 0 Å². The van der Waals surface area contributed by atoms with Crippen LogP contribution in [-0.4, -0.2) is 25.0 Å². The Bertz CT molecular complexity index is 304. The Hall–Kier alpha value is -0.870. The van der Waals surface area contributed by atoms with Crippen molar-refractivity contribution in [3.8, 4) is 0 Å². The van der Waals surface area contributed by atoms with Gasteiger partial charge in [0.05, 0.1) is 0 Å². The third-order valence-electron chi connectivity index (χ3n) is 2.70. The van der Waals surface area contributed by atoms with Crippen molar-refractivity contribution in [1.82, 2.24) is 10.6 Å². The average Bonchev–Trinajstić information content (AvgIpc) is 2.81. The van der Waals surface area contributed by atoms with Crippen LogP contribution in [0, 0.1) is 0 Å². The van der Waals surface area contributed by atoms with Gasteiger partial charge in [-0.05, 0) is 30.8 Å². The summed E-state index contributed by atoms with van der Waals surface area (Å²) in [7, 11) is 0. The lowest BCUT2D eigenvalue weighted by atomic mass is 10.1. The molecule has 1 aromatic rings. The first-order chi connectivity index (χ1) is 7.36. The number of thiophene rings is 1. The Morgan fingerprint density at radius 1 is 1.60 bits per heavy atom. The maximum Gasteiger partial charge on any atom is 0.252 e. The van der Waals surface area contributed by atoms with Crippen LogP contribution in [0.4, 0.5) is 0 Å². The summed E-state index contributed by atoms with van der Waals surface area (Å²) in [6, 6.07) is 2.32. The van der Waals surface area contributed by atoms with Crippen LogP contribution < -0.4 is 10.6 Å². The van der Waals surface area contributed by atoms with E-state index in [9.17, 15) is 4.79 Å². The van der Waals surface area contributed by atoms with Gasteiger partial charge < -0.3 is 10.6 Å². The maximum atomic E-state index is 11.6. The van der Waals surface area contributed by atoms with E-state index in [4.69, 9.17) is 0 Å². The van der Waals surface area contributed by atoms with Gasteiger partial charge in [0, 0.05) is 23.5 Å². The summed E-state index contributed by atoms with van der Waals surface area (Å²) in [5.41, 5.74) is 0.774. The third kappa shape index (κ3) is 3.04.